The summed E-state index contributed by atoms with van der Waals surface area (Å²) < 4.78 is 0. The number of hydrogen-bond acceptors (Lipinski definition) is 3. The van der Waals surface area contributed by atoms with Crippen LogP contribution in [0.3, 0.4) is 0 Å². The number of carbonyl (C=O) groups excluding carboxylic acids is 1. The number of carbonyl (C=O) groups is 1. The summed E-state index contributed by atoms with van der Waals surface area (Å²) in [4.78, 5) is 12.4. The highest BCUT2D eigenvalue weighted by atomic mass is 16.3. The number of aliphatic hydroxyl groups is 2. The molecular formula is C51H97NO3. The predicted molar refractivity (Wildman–Crippen MR) is 244 cm³/mol. The first-order chi connectivity index (χ1) is 27.2. The Balaban J connectivity index is 3.52. The van der Waals surface area contributed by atoms with Gasteiger partial charge in [0.2, 0.25) is 5.91 Å². The van der Waals surface area contributed by atoms with Gasteiger partial charge >= 0.3 is 0 Å². The number of hydrogen-bond donors (Lipinski definition) is 3. The molecule has 55 heavy (non-hydrogen) atoms. The van der Waals surface area contributed by atoms with Gasteiger partial charge in [0.05, 0.1) is 18.8 Å². The summed E-state index contributed by atoms with van der Waals surface area (Å²) >= 11 is 0. The number of amides is 1. The van der Waals surface area contributed by atoms with Gasteiger partial charge in [-0.05, 0) is 51.4 Å². The van der Waals surface area contributed by atoms with Crippen molar-refractivity contribution in [2.24, 2.45) is 0 Å². The van der Waals surface area contributed by atoms with Crippen molar-refractivity contribution in [3.8, 4) is 0 Å². The van der Waals surface area contributed by atoms with Gasteiger partial charge in [0.25, 0.3) is 0 Å². The van der Waals surface area contributed by atoms with Crippen molar-refractivity contribution in [1.82, 2.24) is 5.32 Å². The molecule has 2 unspecified atom stereocenters. The molecule has 3 N–H and O–H groups in total. The Hall–Kier alpha value is -1.39. The molecule has 4 nitrogen and oxygen atoms in total. The monoisotopic (exact) mass is 772 g/mol. The van der Waals surface area contributed by atoms with E-state index < -0.39 is 12.1 Å². The molecular weight excluding hydrogens is 675 g/mol. The topological polar surface area (TPSA) is 69.6 Å². The molecule has 0 heterocycles. The molecule has 0 fully saturated rings. The molecule has 0 radical (unpaired) electrons. The Kier molecular flexibility index (Phi) is 45.8. The lowest BCUT2D eigenvalue weighted by Crippen LogP contribution is -2.45. The Morgan fingerprint density at radius 3 is 1.11 bits per heavy atom. The summed E-state index contributed by atoms with van der Waals surface area (Å²) in [5.41, 5.74) is 0. The second-order valence-electron chi connectivity index (χ2n) is 16.9. The average Bonchev–Trinajstić information content (AvgIpc) is 3.19. The molecule has 0 aliphatic rings. The molecule has 0 bridgehead atoms. The van der Waals surface area contributed by atoms with E-state index in [4.69, 9.17) is 0 Å². The molecule has 0 aliphatic heterocycles. The second kappa shape index (κ2) is 47.0. The third-order valence-electron chi connectivity index (χ3n) is 11.4. The van der Waals surface area contributed by atoms with Crippen LogP contribution in [-0.2, 0) is 4.79 Å². The zero-order chi connectivity index (χ0) is 40.0. The zero-order valence-electron chi connectivity index (χ0n) is 37.2. The van der Waals surface area contributed by atoms with E-state index >= 15 is 0 Å². The second-order valence-corrected chi connectivity index (χ2v) is 16.9. The van der Waals surface area contributed by atoms with Crippen LogP contribution in [0.2, 0.25) is 0 Å². The lowest BCUT2D eigenvalue weighted by atomic mass is 10.0. The third-order valence-corrected chi connectivity index (χ3v) is 11.4. The van der Waals surface area contributed by atoms with Crippen molar-refractivity contribution in [3.63, 3.8) is 0 Å². The van der Waals surface area contributed by atoms with Crippen LogP contribution in [-0.4, -0.2) is 34.9 Å². The van der Waals surface area contributed by atoms with Crippen molar-refractivity contribution in [2.75, 3.05) is 6.61 Å². The molecule has 0 aromatic heterocycles. The first-order valence-electron chi connectivity index (χ1n) is 24.7. The lowest BCUT2D eigenvalue weighted by Gasteiger charge is -2.22. The third kappa shape index (κ3) is 43.6. The normalized spacial score (nSPS) is 13.2. The van der Waals surface area contributed by atoms with Gasteiger partial charge in [-0.2, -0.15) is 0 Å². The van der Waals surface area contributed by atoms with Crippen LogP contribution in [0.5, 0.6) is 0 Å². The van der Waals surface area contributed by atoms with Gasteiger partial charge < -0.3 is 15.5 Å². The van der Waals surface area contributed by atoms with Crippen molar-refractivity contribution >= 4 is 5.91 Å². The molecule has 0 aromatic rings. The van der Waals surface area contributed by atoms with Crippen LogP contribution < -0.4 is 5.32 Å². The highest BCUT2D eigenvalue weighted by Crippen LogP contribution is 2.16. The van der Waals surface area contributed by atoms with Crippen LogP contribution in [0.25, 0.3) is 0 Å². The van der Waals surface area contributed by atoms with Gasteiger partial charge in [-0.3, -0.25) is 4.79 Å². The van der Waals surface area contributed by atoms with Gasteiger partial charge in [0.1, 0.15) is 0 Å². The van der Waals surface area contributed by atoms with E-state index in [-0.39, 0.29) is 12.5 Å². The lowest BCUT2D eigenvalue weighted by molar-refractivity contribution is -0.123. The number of allylic oxidation sites excluding steroid dienone is 6. The smallest absolute Gasteiger partial charge is 0.220 e. The predicted octanol–water partition coefficient (Wildman–Crippen LogP) is 15.7. The highest BCUT2D eigenvalue weighted by Gasteiger charge is 2.20. The number of nitrogens with one attached hydrogen (secondary N) is 1. The van der Waals surface area contributed by atoms with Gasteiger partial charge in [-0.25, -0.2) is 0 Å². The van der Waals surface area contributed by atoms with E-state index in [1.807, 2.05) is 0 Å². The van der Waals surface area contributed by atoms with E-state index in [0.717, 1.165) is 38.5 Å². The Labute approximate surface area is 344 Å². The van der Waals surface area contributed by atoms with E-state index in [2.05, 4.69) is 55.6 Å². The maximum absolute atomic E-state index is 12.4. The minimum Gasteiger partial charge on any atom is -0.394 e. The minimum atomic E-state index is -0.663. The number of unbranched alkanes of at least 4 members (excludes halogenated alkanes) is 32. The molecule has 0 aliphatic carbocycles. The molecule has 324 valence electrons. The van der Waals surface area contributed by atoms with Crippen molar-refractivity contribution in [3.05, 3.63) is 36.5 Å². The first kappa shape index (κ1) is 53.6. The van der Waals surface area contributed by atoms with Crippen LogP contribution in [0.4, 0.5) is 0 Å². The molecule has 0 saturated carbocycles. The standard InChI is InChI=1S/C51H97NO3/c1-3-5-7-9-11-13-15-17-19-21-23-25-26-27-29-31-33-35-37-39-41-43-45-47-51(55)52-49(48-53)50(54)46-44-42-40-38-36-34-32-30-28-24-22-20-18-16-14-12-10-8-6-4-2/h15,17,21,23,26-27,49-50,53-54H,3-14,16,18-20,22,24-25,28-48H2,1-2H3,(H,52,55)/b17-15-,23-21-,27-26-. The van der Waals surface area contributed by atoms with Gasteiger partial charge in [0.15, 0.2) is 0 Å². The fourth-order valence-corrected chi connectivity index (χ4v) is 7.60. The van der Waals surface area contributed by atoms with Crippen LogP contribution in [0, 0.1) is 0 Å². The van der Waals surface area contributed by atoms with E-state index in [9.17, 15) is 15.0 Å². The van der Waals surface area contributed by atoms with E-state index in [1.54, 1.807) is 0 Å². The number of aliphatic hydroxyl groups excluding tert-OH is 2. The summed E-state index contributed by atoms with van der Waals surface area (Å²) in [6.45, 7) is 4.36. The highest BCUT2D eigenvalue weighted by molar-refractivity contribution is 5.76. The molecule has 4 heteroatoms. The van der Waals surface area contributed by atoms with Crippen LogP contribution >= 0.6 is 0 Å². The van der Waals surface area contributed by atoms with Gasteiger partial charge in [0, 0.05) is 6.42 Å². The minimum absolute atomic E-state index is 0.0366. The number of rotatable bonds is 45. The summed E-state index contributed by atoms with van der Waals surface area (Å²) in [5, 5.41) is 23.3. The van der Waals surface area contributed by atoms with Crippen molar-refractivity contribution in [2.45, 2.75) is 276 Å². The maximum Gasteiger partial charge on any atom is 0.220 e. The largest absolute Gasteiger partial charge is 0.394 e. The van der Waals surface area contributed by atoms with Gasteiger partial charge in [-0.1, -0.05) is 243 Å². The first-order valence-corrected chi connectivity index (χ1v) is 24.7. The molecule has 2 atom stereocenters. The SMILES string of the molecule is CCCCCCC/C=C\C/C=C\C/C=C\CCCCCCCCCCC(=O)NC(CO)C(O)CCCCCCCCCCCCCCCCCCCCCC. The maximum atomic E-state index is 12.4. The fraction of sp³-hybridized carbons (Fsp3) is 0.863. The Morgan fingerprint density at radius 1 is 0.436 bits per heavy atom. The molecule has 0 saturated heterocycles. The summed E-state index contributed by atoms with van der Waals surface area (Å²) in [5.74, 6) is -0.0366. The Bertz CT molecular complexity index is 836. The van der Waals surface area contributed by atoms with Crippen molar-refractivity contribution in [1.29, 1.82) is 0 Å². The van der Waals surface area contributed by atoms with Crippen LogP contribution in [0.1, 0.15) is 264 Å². The Morgan fingerprint density at radius 2 is 0.745 bits per heavy atom. The summed E-state index contributed by atoms with van der Waals surface area (Å²) in [6, 6.07) is -0.541. The summed E-state index contributed by atoms with van der Waals surface area (Å²) in [6.07, 6.45) is 62.3. The quantitative estimate of drug-likeness (QED) is 0.0426. The van der Waals surface area contributed by atoms with E-state index in [1.165, 1.54) is 199 Å². The zero-order valence-corrected chi connectivity index (χ0v) is 37.2. The molecule has 1 amide bonds. The molecule has 0 rings (SSSR count). The van der Waals surface area contributed by atoms with Crippen LogP contribution in [0.15, 0.2) is 36.5 Å². The average molecular weight is 772 g/mol. The molecule has 0 spiro atoms. The fourth-order valence-electron chi connectivity index (χ4n) is 7.60. The molecule has 0 aromatic carbocycles. The summed E-state index contributed by atoms with van der Waals surface area (Å²) in [7, 11) is 0. The van der Waals surface area contributed by atoms with Gasteiger partial charge in [-0.15, -0.1) is 0 Å². The van der Waals surface area contributed by atoms with Crippen molar-refractivity contribution < 1.29 is 15.0 Å². The van der Waals surface area contributed by atoms with E-state index in [0.29, 0.717) is 12.8 Å².